The number of aliphatic hydroxyl groups is 1. The summed E-state index contributed by atoms with van der Waals surface area (Å²) in [6.45, 7) is 3.99. The quantitative estimate of drug-likeness (QED) is 0.156. The zero-order valence-electron chi connectivity index (χ0n) is 24.1. The predicted octanol–water partition coefficient (Wildman–Crippen LogP) is 7.28. The molecule has 222 valence electrons. The Kier molecular flexibility index (Phi) is 11.8. The molecular weight excluding hydrogens is 568 g/mol. The van der Waals surface area contributed by atoms with Gasteiger partial charge in [0.15, 0.2) is 22.5 Å². The predicted molar refractivity (Wildman–Crippen MR) is 165 cm³/mol. The molecule has 5 aromatic rings. The average molecular weight is 601 g/mol. The van der Waals surface area contributed by atoms with E-state index in [0.717, 1.165) is 0 Å². The highest BCUT2D eigenvalue weighted by atomic mass is 35.5. The molecule has 2 aromatic heterocycles. The standard InChI is InChI=1S/C17H15ClN4O4.C16H18O/c1-24-11-5-2-3-6-12(11)26-13-14(18)21-16(15-19-7-4-8-20-15)22-17(13)25-10-9-23;1-13(15-9-5-3-6-10-15)17-14(2)16-11-7-4-8-12-16/h2-8,23H,9-10H2,1H3;3-14H,1-2H3. The van der Waals surface area contributed by atoms with Gasteiger partial charge in [-0.05, 0) is 43.2 Å². The lowest BCUT2D eigenvalue weighted by Crippen LogP contribution is -2.07. The third-order valence-corrected chi connectivity index (χ3v) is 6.37. The summed E-state index contributed by atoms with van der Waals surface area (Å²) in [4.78, 5) is 16.6. The van der Waals surface area contributed by atoms with E-state index in [4.69, 9.17) is 35.7 Å². The van der Waals surface area contributed by atoms with Gasteiger partial charge in [0.1, 0.15) is 6.61 Å². The fourth-order valence-corrected chi connectivity index (χ4v) is 4.17. The lowest BCUT2D eigenvalue weighted by molar-refractivity contribution is 0.00586. The van der Waals surface area contributed by atoms with E-state index >= 15 is 0 Å². The third kappa shape index (κ3) is 8.96. The molecule has 2 unspecified atom stereocenters. The van der Waals surface area contributed by atoms with Gasteiger partial charge in [0, 0.05) is 12.4 Å². The monoisotopic (exact) mass is 600 g/mol. The van der Waals surface area contributed by atoms with Crippen LogP contribution in [0.5, 0.6) is 23.1 Å². The van der Waals surface area contributed by atoms with E-state index in [1.807, 2.05) is 42.5 Å². The van der Waals surface area contributed by atoms with E-state index in [-0.39, 0.29) is 53.9 Å². The van der Waals surface area contributed by atoms with Crippen molar-refractivity contribution in [2.24, 2.45) is 0 Å². The van der Waals surface area contributed by atoms with E-state index in [0.29, 0.717) is 11.5 Å². The van der Waals surface area contributed by atoms with Crippen molar-refractivity contribution in [3.63, 3.8) is 0 Å². The molecule has 9 nitrogen and oxygen atoms in total. The molecule has 43 heavy (non-hydrogen) atoms. The van der Waals surface area contributed by atoms with Crippen LogP contribution in [0.2, 0.25) is 5.15 Å². The second-order valence-electron chi connectivity index (χ2n) is 9.11. The summed E-state index contributed by atoms with van der Waals surface area (Å²) in [5.41, 5.74) is 2.44. The van der Waals surface area contributed by atoms with Gasteiger partial charge in [-0.3, -0.25) is 0 Å². The van der Waals surface area contributed by atoms with Crippen LogP contribution in [0.25, 0.3) is 11.6 Å². The van der Waals surface area contributed by atoms with Crippen LogP contribution in [-0.4, -0.2) is 45.4 Å². The van der Waals surface area contributed by atoms with E-state index in [2.05, 4.69) is 58.0 Å². The van der Waals surface area contributed by atoms with Crippen molar-refractivity contribution in [2.45, 2.75) is 26.1 Å². The SMILES string of the molecule is CC(OC(C)c1ccccc1)c1ccccc1.COc1ccccc1Oc1c(Cl)nc(-c2ncccn2)nc1OCCO. The number of hydrogen-bond donors (Lipinski definition) is 1. The second kappa shape index (κ2) is 16.2. The van der Waals surface area contributed by atoms with E-state index in [1.165, 1.54) is 18.2 Å². The molecule has 2 atom stereocenters. The molecule has 0 saturated heterocycles. The number of halogens is 1. The summed E-state index contributed by atoms with van der Waals surface area (Å²) in [6, 6.07) is 29.3. The first-order chi connectivity index (χ1) is 21.0. The molecule has 5 rings (SSSR count). The molecule has 10 heteroatoms. The molecule has 2 heterocycles. The molecular formula is C33H33ClN4O5. The highest BCUT2D eigenvalue weighted by molar-refractivity contribution is 6.31. The fourth-order valence-electron chi connectivity index (χ4n) is 3.97. The van der Waals surface area contributed by atoms with Gasteiger partial charge in [-0.15, -0.1) is 0 Å². The largest absolute Gasteiger partial charge is 0.493 e. The van der Waals surface area contributed by atoms with Crippen LogP contribution in [0.1, 0.15) is 37.2 Å². The molecule has 0 saturated carbocycles. The highest BCUT2D eigenvalue weighted by Crippen LogP contribution is 2.40. The molecule has 0 aliphatic heterocycles. The third-order valence-electron chi connectivity index (χ3n) is 6.12. The minimum Gasteiger partial charge on any atom is -0.493 e. The molecule has 1 N–H and O–H groups in total. The van der Waals surface area contributed by atoms with Gasteiger partial charge in [-0.2, -0.15) is 4.98 Å². The molecule has 0 aliphatic rings. The van der Waals surface area contributed by atoms with Crippen LogP contribution in [0.15, 0.2) is 103 Å². The van der Waals surface area contributed by atoms with Crippen molar-refractivity contribution >= 4 is 11.6 Å². The Balaban J connectivity index is 0.000000215. The van der Waals surface area contributed by atoms with Crippen molar-refractivity contribution in [2.75, 3.05) is 20.3 Å². The van der Waals surface area contributed by atoms with Gasteiger partial charge in [-0.25, -0.2) is 15.0 Å². The highest BCUT2D eigenvalue weighted by Gasteiger charge is 2.20. The Bertz CT molecular complexity index is 1500. The Labute approximate surface area is 256 Å². The maximum absolute atomic E-state index is 9.06. The maximum Gasteiger partial charge on any atom is 0.263 e. The zero-order valence-corrected chi connectivity index (χ0v) is 24.9. The minimum atomic E-state index is -0.201. The summed E-state index contributed by atoms with van der Waals surface area (Å²) in [6.07, 6.45) is 3.36. The Hall–Kier alpha value is -4.57. The molecule has 0 amide bonds. The number of rotatable bonds is 11. The van der Waals surface area contributed by atoms with Crippen LogP contribution in [0.3, 0.4) is 0 Å². The van der Waals surface area contributed by atoms with Crippen LogP contribution >= 0.6 is 11.6 Å². The van der Waals surface area contributed by atoms with Crippen molar-refractivity contribution < 1.29 is 24.1 Å². The van der Waals surface area contributed by atoms with Crippen molar-refractivity contribution in [3.8, 4) is 34.8 Å². The summed E-state index contributed by atoms with van der Waals surface area (Å²) in [5.74, 6) is 1.55. The Morgan fingerprint density at radius 1 is 0.721 bits per heavy atom. The van der Waals surface area contributed by atoms with Gasteiger partial charge in [-0.1, -0.05) is 84.4 Å². The number of aromatic nitrogens is 4. The number of benzene rings is 3. The second-order valence-corrected chi connectivity index (χ2v) is 9.47. The average Bonchev–Trinajstić information content (AvgIpc) is 3.06. The molecule has 0 radical (unpaired) electrons. The summed E-state index contributed by atoms with van der Waals surface area (Å²) >= 11 is 6.29. The van der Waals surface area contributed by atoms with E-state index in [9.17, 15) is 0 Å². The Morgan fingerprint density at radius 2 is 1.28 bits per heavy atom. The molecule has 0 bridgehead atoms. The van der Waals surface area contributed by atoms with Gasteiger partial charge in [0.05, 0.1) is 25.9 Å². The first-order valence-electron chi connectivity index (χ1n) is 13.6. The Morgan fingerprint density at radius 3 is 1.84 bits per heavy atom. The summed E-state index contributed by atoms with van der Waals surface area (Å²) < 4.78 is 22.6. The van der Waals surface area contributed by atoms with Gasteiger partial charge in [0.25, 0.3) is 5.88 Å². The summed E-state index contributed by atoms with van der Waals surface area (Å²) in [7, 11) is 1.53. The molecule has 0 fully saturated rings. The number of methoxy groups -OCH3 is 1. The molecule has 3 aromatic carbocycles. The van der Waals surface area contributed by atoms with E-state index in [1.54, 1.807) is 36.7 Å². The lowest BCUT2D eigenvalue weighted by Gasteiger charge is -2.19. The molecule has 0 spiro atoms. The summed E-state index contributed by atoms with van der Waals surface area (Å²) in [5, 5.41) is 9.07. The van der Waals surface area contributed by atoms with Gasteiger partial charge in [0.2, 0.25) is 11.6 Å². The van der Waals surface area contributed by atoms with Crippen molar-refractivity contribution in [3.05, 3.63) is 120 Å². The van der Waals surface area contributed by atoms with Gasteiger partial charge < -0.3 is 24.1 Å². The lowest BCUT2D eigenvalue weighted by atomic mass is 10.1. The maximum atomic E-state index is 9.06. The number of para-hydroxylation sites is 2. The minimum absolute atomic E-state index is 0.00468. The number of aliphatic hydroxyl groups excluding tert-OH is 1. The van der Waals surface area contributed by atoms with Crippen LogP contribution in [0.4, 0.5) is 0 Å². The van der Waals surface area contributed by atoms with Crippen LogP contribution in [-0.2, 0) is 4.74 Å². The first kappa shape index (κ1) is 31.4. The fraction of sp³-hybridized carbons (Fsp3) is 0.212. The van der Waals surface area contributed by atoms with Crippen molar-refractivity contribution in [1.82, 2.24) is 19.9 Å². The van der Waals surface area contributed by atoms with Crippen LogP contribution in [0, 0.1) is 0 Å². The van der Waals surface area contributed by atoms with E-state index < -0.39 is 0 Å². The zero-order chi connectivity index (χ0) is 30.4. The van der Waals surface area contributed by atoms with Gasteiger partial charge >= 0.3 is 0 Å². The molecule has 0 aliphatic carbocycles. The number of ether oxygens (including phenoxy) is 4. The topological polar surface area (TPSA) is 109 Å². The smallest absolute Gasteiger partial charge is 0.263 e. The first-order valence-corrected chi connectivity index (χ1v) is 14.0. The number of hydrogen-bond acceptors (Lipinski definition) is 9. The number of nitrogens with zero attached hydrogens (tertiary/aromatic N) is 4. The van der Waals surface area contributed by atoms with Crippen LogP contribution < -0.4 is 14.2 Å². The normalized spacial score (nSPS) is 11.9. The van der Waals surface area contributed by atoms with Crippen molar-refractivity contribution in [1.29, 1.82) is 0 Å².